The summed E-state index contributed by atoms with van der Waals surface area (Å²) in [5, 5.41) is 5.23. The molecule has 2 saturated heterocycles. The molecule has 1 N–H and O–H groups in total. The molecule has 0 aliphatic carbocycles. The molecule has 0 saturated carbocycles. The van der Waals surface area contributed by atoms with Gasteiger partial charge in [-0.1, -0.05) is 6.07 Å². The highest BCUT2D eigenvalue weighted by Gasteiger charge is 2.36. The van der Waals surface area contributed by atoms with Gasteiger partial charge >= 0.3 is 0 Å². The first-order valence-electron chi connectivity index (χ1n) is 7.57. The van der Waals surface area contributed by atoms with Crippen LogP contribution in [0.5, 0.6) is 0 Å². The zero-order chi connectivity index (χ0) is 14.7. The van der Waals surface area contributed by atoms with E-state index in [1.165, 1.54) is 0 Å². The lowest BCUT2D eigenvalue weighted by Gasteiger charge is -2.33. The maximum atomic E-state index is 12.6. The molecular weight excluding hydrogens is 322 g/mol. The number of piperazine rings is 1. The molecule has 5 nitrogen and oxygen atoms in total. The first-order valence-corrected chi connectivity index (χ1v) is 8.45. The third-order valence-electron chi connectivity index (χ3n) is 4.19. The van der Waals surface area contributed by atoms with Crippen molar-refractivity contribution in [1.82, 2.24) is 15.1 Å². The molecule has 0 aromatic carbocycles. The second-order valence-corrected chi connectivity index (χ2v) is 6.61. The number of carbonyl (C=O) groups is 2. The maximum Gasteiger partial charge on any atom is 0.245 e. The van der Waals surface area contributed by atoms with Gasteiger partial charge in [-0.3, -0.25) is 9.59 Å². The lowest BCUT2D eigenvalue weighted by molar-refractivity contribution is -0.143. The second kappa shape index (κ2) is 7.94. The normalized spacial score (nSPS) is 21.5. The lowest BCUT2D eigenvalue weighted by atomic mass is 10.1. The van der Waals surface area contributed by atoms with Crippen LogP contribution in [-0.2, 0) is 16.0 Å². The molecule has 7 heteroatoms. The van der Waals surface area contributed by atoms with Gasteiger partial charge in [0.15, 0.2) is 0 Å². The molecule has 3 rings (SSSR count). The van der Waals surface area contributed by atoms with Crippen LogP contribution >= 0.6 is 23.7 Å². The van der Waals surface area contributed by atoms with Gasteiger partial charge in [-0.2, -0.15) is 0 Å². The molecule has 0 bridgehead atoms. The summed E-state index contributed by atoms with van der Waals surface area (Å²) in [6, 6.07) is 3.70. The van der Waals surface area contributed by atoms with Crippen molar-refractivity contribution in [3.63, 3.8) is 0 Å². The minimum atomic E-state index is -0.240. The van der Waals surface area contributed by atoms with Gasteiger partial charge in [0.05, 0.1) is 6.42 Å². The van der Waals surface area contributed by atoms with Gasteiger partial charge in [-0.05, 0) is 24.3 Å². The van der Waals surface area contributed by atoms with Crippen LogP contribution in [0.3, 0.4) is 0 Å². The number of thiophene rings is 1. The number of amides is 2. The van der Waals surface area contributed by atoms with E-state index in [1.54, 1.807) is 16.2 Å². The van der Waals surface area contributed by atoms with Gasteiger partial charge in [0.2, 0.25) is 11.8 Å². The Hall–Kier alpha value is -1.11. The van der Waals surface area contributed by atoms with Crippen molar-refractivity contribution in [2.45, 2.75) is 25.3 Å². The summed E-state index contributed by atoms with van der Waals surface area (Å²) in [7, 11) is 0. The molecule has 0 spiro atoms. The number of hydrogen-bond acceptors (Lipinski definition) is 4. The van der Waals surface area contributed by atoms with Crippen molar-refractivity contribution in [2.75, 3.05) is 32.7 Å². The van der Waals surface area contributed by atoms with Crippen molar-refractivity contribution in [1.29, 1.82) is 0 Å². The van der Waals surface area contributed by atoms with Crippen LogP contribution in [-0.4, -0.2) is 60.4 Å². The zero-order valence-electron chi connectivity index (χ0n) is 12.5. The Morgan fingerprint density at radius 1 is 1.27 bits per heavy atom. The standard InChI is InChI=1S/C15H21N3O2S.ClH/c19-14(11-12-3-2-10-21-12)18-7-1-4-13(18)15(20)17-8-5-16-6-9-17;/h2-3,10,13,16H,1,4-9,11H2;1H. The Kier molecular flexibility index (Phi) is 6.23. The number of carbonyl (C=O) groups excluding carboxylic acids is 2. The predicted octanol–water partition coefficient (Wildman–Crippen LogP) is 1.14. The average Bonchev–Trinajstić information content (AvgIpc) is 3.18. The van der Waals surface area contributed by atoms with E-state index >= 15 is 0 Å². The molecule has 1 aromatic rings. The maximum absolute atomic E-state index is 12.6. The van der Waals surface area contributed by atoms with Crippen molar-refractivity contribution in [3.8, 4) is 0 Å². The fourth-order valence-electron chi connectivity index (χ4n) is 3.08. The molecule has 1 unspecified atom stereocenters. The summed E-state index contributed by atoms with van der Waals surface area (Å²) in [6.07, 6.45) is 2.15. The second-order valence-electron chi connectivity index (χ2n) is 5.58. The number of hydrogen-bond donors (Lipinski definition) is 1. The van der Waals surface area contributed by atoms with Crippen LogP contribution < -0.4 is 5.32 Å². The van der Waals surface area contributed by atoms with Crippen molar-refractivity contribution < 1.29 is 9.59 Å². The SMILES string of the molecule is Cl.O=C(C1CCCN1C(=O)Cc1cccs1)N1CCNCC1. The molecule has 22 heavy (non-hydrogen) atoms. The number of halogens is 1. The Bertz CT molecular complexity index is 503. The van der Waals surface area contributed by atoms with E-state index < -0.39 is 0 Å². The Morgan fingerprint density at radius 2 is 2.05 bits per heavy atom. The molecular formula is C15H22ClN3O2S. The largest absolute Gasteiger partial charge is 0.338 e. The Balaban J connectivity index is 0.00000176. The van der Waals surface area contributed by atoms with Crippen molar-refractivity contribution in [2.24, 2.45) is 0 Å². The number of nitrogens with zero attached hydrogens (tertiary/aromatic N) is 2. The smallest absolute Gasteiger partial charge is 0.245 e. The Labute approximate surface area is 141 Å². The molecule has 2 fully saturated rings. The third-order valence-corrected chi connectivity index (χ3v) is 5.07. The molecule has 2 aliphatic heterocycles. The zero-order valence-corrected chi connectivity index (χ0v) is 14.1. The van der Waals surface area contributed by atoms with Crippen molar-refractivity contribution in [3.05, 3.63) is 22.4 Å². The fraction of sp³-hybridized carbons (Fsp3) is 0.600. The van der Waals surface area contributed by atoms with E-state index in [0.717, 1.165) is 43.9 Å². The third kappa shape index (κ3) is 3.80. The summed E-state index contributed by atoms with van der Waals surface area (Å²) < 4.78 is 0. The highest BCUT2D eigenvalue weighted by atomic mass is 35.5. The van der Waals surface area contributed by atoms with E-state index in [9.17, 15) is 9.59 Å². The average molecular weight is 344 g/mol. The molecule has 2 aliphatic rings. The van der Waals surface area contributed by atoms with Crippen LogP contribution in [0.4, 0.5) is 0 Å². The van der Waals surface area contributed by atoms with Gasteiger partial charge in [0, 0.05) is 37.6 Å². The highest BCUT2D eigenvalue weighted by Crippen LogP contribution is 2.22. The quantitative estimate of drug-likeness (QED) is 0.895. The number of likely N-dealkylation sites (tertiary alicyclic amines) is 1. The van der Waals surface area contributed by atoms with E-state index in [0.29, 0.717) is 13.0 Å². The molecule has 0 radical (unpaired) electrons. The van der Waals surface area contributed by atoms with Gasteiger partial charge in [0.25, 0.3) is 0 Å². The van der Waals surface area contributed by atoms with Crippen LogP contribution in [0, 0.1) is 0 Å². The summed E-state index contributed by atoms with van der Waals surface area (Å²) in [5.41, 5.74) is 0. The summed E-state index contributed by atoms with van der Waals surface area (Å²) >= 11 is 1.60. The molecule has 1 aromatic heterocycles. The van der Waals surface area contributed by atoms with E-state index in [1.807, 2.05) is 22.4 Å². The lowest BCUT2D eigenvalue weighted by Crippen LogP contribution is -2.53. The van der Waals surface area contributed by atoms with Gasteiger partial charge in [0.1, 0.15) is 6.04 Å². The van der Waals surface area contributed by atoms with Gasteiger partial charge < -0.3 is 15.1 Å². The van der Waals surface area contributed by atoms with Crippen LogP contribution in [0.25, 0.3) is 0 Å². The molecule has 122 valence electrons. The van der Waals surface area contributed by atoms with Gasteiger partial charge in [-0.25, -0.2) is 0 Å². The summed E-state index contributed by atoms with van der Waals surface area (Å²) in [5.74, 6) is 0.219. The molecule has 2 amide bonds. The highest BCUT2D eigenvalue weighted by molar-refractivity contribution is 7.10. The molecule has 3 heterocycles. The Morgan fingerprint density at radius 3 is 2.73 bits per heavy atom. The van der Waals surface area contributed by atoms with Crippen LogP contribution in [0.15, 0.2) is 17.5 Å². The van der Waals surface area contributed by atoms with E-state index in [4.69, 9.17) is 0 Å². The van der Waals surface area contributed by atoms with Gasteiger partial charge in [-0.15, -0.1) is 23.7 Å². The molecule has 1 atom stereocenters. The van der Waals surface area contributed by atoms with E-state index in [-0.39, 0.29) is 30.3 Å². The monoisotopic (exact) mass is 343 g/mol. The van der Waals surface area contributed by atoms with E-state index in [2.05, 4.69) is 5.32 Å². The minimum Gasteiger partial charge on any atom is -0.338 e. The fourth-order valence-corrected chi connectivity index (χ4v) is 3.78. The topological polar surface area (TPSA) is 52.7 Å². The first-order chi connectivity index (χ1) is 10.3. The summed E-state index contributed by atoms with van der Waals surface area (Å²) in [4.78, 5) is 29.9. The predicted molar refractivity (Wildman–Crippen MR) is 89.5 cm³/mol. The number of nitrogens with one attached hydrogen (secondary N) is 1. The number of rotatable bonds is 3. The van der Waals surface area contributed by atoms with Crippen molar-refractivity contribution >= 4 is 35.6 Å². The first kappa shape index (κ1) is 17.2. The minimum absolute atomic E-state index is 0. The summed E-state index contributed by atoms with van der Waals surface area (Å²) in [6.45, 7) is 3.92. The van der Waals surface area contributed by atoms with Crippen LogP contribution in [0.1, 0.15) is 17.7 Å². The van der Waals surface area contributed by atoms with Crippen LogP contribution in [0.2, 0.25) is 0 Å².